The summed E-state index contributed by atoms with van der Waals surface area (Å²) in [6.07, 6.45) is 1.70. The van der Waals surface area contributed by atoms with E-state index < -0.39 is 0 Å². The van der Waals surface area contributed by atoms with Gasteiger partial charge in [0, 0.05) is 38.1 Å². The third-order valence-corrected chi connectivity index (χ3v) is 2.50. The van der Waals surface area contributed by atoms with Crippen molar-refractivity contribution in [3.05, 3.63) is 18.3 Å². The Morgan fingerprint density at radius 3 is 3.00 bits per heavy atom. The molecule has 1 rings (SSSR count). The number of carbonyl (C=O) groups is 1. The zero-order valence-electron chi connectivity index (χ0n) is 11.7. The second kappa shape index (κ2) is 8.31. The van der Waals surface area contributed by atoms with Crippen molar-refractivity contribution in [1.29, 1.82) is 0 Å². The maximum atomic E-state index is 11.8. The Morgan fingerprint density at radius 2 is 2.32 bits per heavy atom. The highest BCUT2D eigenvalue weighted by molar-refractivity contribution is 5.84. The van der Waals surface area contributed by atoms with Gasteiger partial charge in [-0.1, -0.05) is 0 Å². The number of methoxy groups -OCH3 is 1. The maximum Gasteiger partial charge on any atom is 0.242 e. The Bertz CT molecular complexity index is 398. The lowest BCUT2D eigenvalue weighted by Gasteiger charge is -2.15. The summed E-state index contributed by atoms with van der Waals surface area (Å²) in [4.78, 5) is 15.9. The van der Waals surface area contributed by atoms with Gasteiger partial charge in [0.05, 0.1) is 6.61 Å². The van der Waals surface area contributed by atoms with Crippen LogP contribution in [0.2, 0.25) is 0 Å². The summed E-state index contributed by atoms with van der Waals surface area (Å²) in [7, 11) is 1.60. The maximum absolute atomic E-state index is 11.8. The van der Waals surface area contributed by atoms with Crippen molar-refractivity contribution >= 4 is 17.4 Å². The molecule has 6 nitrogen and oxygen atoms in total. The van der Waals surface area contributed by atoms with E-state index in [0.717, 1.165) is 18.1 Å². The van der Waals surface area contributed by atoms with Gasteiger partial charge in [0.2, 0.25) is 5.91 Å². The number of hydrogen-bond acceptors (Lipinski definition) is 5. The van der Waals surface area contributed by atoms with Gasteiger partial charge in [-0.3, -0.25) is 4.79 Å². The zero-order valence-corrected chi connectivity index (χ0v) is 11.7. The molecule has 1 aromatic rings. The Balaban J connectivity index is 2.48. The van der Waals surface area contributed by atoms with E-state index in [0.29, 0.717) is 13.2 Å². The molecule has 0 aliphatic carbocycles. The first-order chi connectivity index (χ1) is 9.17. The average Bonchev–Trinajstić information content (AvgIpc) is 2.39. The van der Waals surface area contributed by atoms with Crippen molar-refractivity contribution in [1.82, 2.24) is 10.3 Å². The molecule has 0 spiro atoms. The minimum Gasteiger partial charge on any atom is -0.383 e. The predicted octanol–water partition coefficient (Wildman–Crippen LogP) is 1.08. The third kappa shape index (κ3) is 5.56. The highest BCUT2D eigenvalue weighted by atomic mass is 16.5. The van der Waals surface area contributed by atoms with E-state index in [2.05, 4.69) is 20.9 Å². The molecule has 106 valence electrons. The van der Waals surface area contributed by atoms with Gasteiger partial charge in [-0.15, -0.1) is 0 Å². The van der Waals surface area contributed by atoms with Gasteiger partial charge in [0.1, 0.15) is 11.9 Å². The topological polar surface area (TPSA) is 75.3 Å². The van der Waals surface area contributed by atoms with E-state index >= 15 is 0 Å². The van der Waals surface area contributed by atoms with Crippen LogP contribution >= 0.6 is 0 Å². The Hall–Kier alpha value is -1.82. The van der Waals surface area contributed by atoms with E-state index in [1.54, 1.807) is 13.3 Å². The number of hydrogen-bond donors (Lipinski definition) is 3. The van der Waals surface area contributed by atoms with Gasteiger partial charge in [-0.2, -0.15) is 0 Å². The molecule has 0 aliphatic heterocycles. The van der Waals surface area contributed by atoms with Gasteiger partial charge in [-0.05, 0) is 19.9 Å². The van der Waals surface area contributed by atoms with Gasteiger partial charge in [-0.25, -0.2) is 4.98 Å². The van der Waals surface area contributed by atoms with Crippen LogP contribution in [-0.4, -0.2) is 43.7 Å². The molecule has 0 saturated heterocycles. The lowest BCUT2D eigenvalue weighted by atomic mass is 10.2. The van der Waals surface area contributed by atoms with E-state index in [9.17, 15) is 4.79 Å². The summed E-state index contributed by atoms with van der Waals surface area (Å²) in [5.74, 6) is 0.735. The fraction of sp³-hybridized carbons (Fsp3) is 0.538. The van der Waals surface area contributed by atoms with Gasteiger partial charge < -0.3 is 20.7 Å². The Morgan fingerprint density at radius 1 is 1.53 bits per heavy atom. The smallest absolute Gasteiger partial charge is 0.242 e. The number of carbonyl (C=O) groups excluding carboxylic acids is 1. The number of nitrogens with one attached hydrogen (secondary N) is 3. The lowest BCUT2D eigenvalue weighted by molar-refractivity contribution is -0.121. The average molecular weight is 266 g/mol. The van der Waals surface area contributed by atoms with Crippen molar-refractivity contribution in [2.24, 2.45) is 0 Å². The SMILES string of the molecule is CCNc1cc(NC(C)C(=O)NCCOC)ccn1. The molecule has 3 N–H and O–H groups in total. The number of pyridine rings is 1. The minimum atomic E-state index is -0.311. The molecular formula is C13H22N4O2. The minimum absolute atomic E-state index is 0.0566. The molecule has 6 heteroatoms. The fourth-order valence-electron chi connectivity index (χ4n) is 1.54. The summed E-state index contributed by atoms with van der Waals surface area (Å²) in [5.41, 5.74) is 0.861. The molecule has 0 aliphatic rings. The number of rotatable bonds is 8. The van der Waals surface area contributed by atoms with E-state index in [1.165, 1.54) is 0 Å². The standard InChI is InChI=1S/C13H22N4O2/c1-4-14-12-9-11(5-6-15-12)17-10(2)13(18)16-7-8-19-3/h5-6,9-10H,4,7-8H2,1-3H3,(H,16,18)(H2,14,15,17). The van der Waals surface area contributed by atoms with Gasteiger partial charge in [0.15, 0.2) is 0 Å². The molecule has 1 atom stereocenters. The van der Waals surface area contributed by atoms with Gasteiger partial charge in [0.25, 0.3) is 0 Å². The normalized spacial score (nSPS) is 11.7. The molecule has 0 bridgehead atoms. The summed E-state index contributed by atoms with van der Waals surface area (Å²) in [5, 5.41) is 9.04. The van der Waals surface area contributed by atoms with Crippen LogP contribution in [-0.2, 0) is 9.53 Å². The van der Waals surface area contributed by atoms with Crippen LogP contribution in [0.25, 0.3) is 0 Å². The molecular weight excluding hydrogens is 244 g/mol. The fourth-order valence-corrected chi connectivity index (χ4v) is 1.54. The Labute approximate surface area is 113 Å². The first-order valence-electron chi connectivity index (χ1n) is 6.40. The largest absolute Gasteiger partial charge is 0.383 e. The van der Waals surface area contributed by atoms with Crippen LogP contribution < -0.4 is 16.0 Å². The second-order valence-electron chi connectivity index (χ2n) is 4.11. The summed E-state index contributed by atoms with van der Waals surface area (Å²) < 4.78 is 4.88. The molecule has 0 fully saturated rings. The highest BCUT2D eigenvalue weighted by Crippen LogP contribution is 2.12. The molecule has 0 saturated carbocycles. The van der Waals surface area contributed by atoms with E-state index in [4.69, 9.17) is 4.74 Å². The van der Waals surface area contributed by atoms with Crippen LogP contribution in [0.1, 0.15) is 13.8 Å². The first-order valence-corrected chi connectivity index (χ1v) is 6.40. The predicted molar refractivity (Wildman–Crippen MR) is 76.4 cm³/mol. The molecule has 1 amide bonds. The number of anilines is 2. The van der Waals surface area contributed by atoms with Crippen LogP contribution in [0.15, 0.2) is 18.3 Å². The third-order valence-electron chi connectivity index (χ3n) is 2.50. The highest BCUT2D eigenvalue weighted by Gasteiger charge is 2.11. The number of amides is 1. The second-order valence-corrected chi connectivity index (χ2v) is 4.11. The molecule has 0 radical (unpaired) electrons. The number of nitrogens with zero attached hydrogens (tertiary/aromatic N) is 1. The van der Waals surface area contributed by atoms with Gasteiger partial charge >= 0.3 is 0 Å². The number of aromatic nitrogens is 1. The monoisotopic (exact) mass is 266 g/mol. The van der Waals surface area contributed by atoms with Crippen molar-refractivity contribution in [3.8, 4) is 0 Å². The molecule has 19 heavy (non-hydrogen) atoms. The van der Waals surface area contributed by atoms with Crippen LogP contribution in [0.5, 0.6) is 0 Å². The van der Waals surface area contributed by atoms with Crippen molar-refractivity contribution in [3.63, 3.8) is 0 Å². The van der Waals surface area contributed by atoms with E-state index in [1.807, 2.05) is 26.0 Å². The van der Waals surface area contributed by atoms with Crippen LogP contribution in [0.3, 0.4) is 0 Å². The lowest BCUT2D eigenvalue weighted by Crippen LogP contribution is -2.39. The quantitative estimate of drug-likeness (QED) is 0.614. The zero-order chi connectivity index (χ0) is 14.1. The van der Waals surface area contributed by atoms with E-state index in [-0.39, 0.29) is 11.9 Å². The number of ether oxygens (including phenoxy) is 1. The van der Waals surface area contributed by atoms with Crippen LogP contribution in [0.4, 0.5) is 11.5 Å². The summed E-state index contributed by atoms with van der Waals surface area (Å²) >= 11 is 0. The molecule has 1 heterocycles. The van der Waals surface area contributed by atoms with Crippen molar-refractivity contribution in [2.45, 2.75) is 19.9 Å². The molecule has 1 aromatic heterocycles. The first kappa shape index (κ1) is 15.2. The summed E-state index contributed by atoms with van der Waals surface area (Å²) in [6, 6.07) is 3.40. The Kier molecular flexibility index (Phi) is 6.67. The van der Waals surface area contributed by atoms with Crippen molar-refractivity contribution < 1.29 is 9.53 Å². The summed E-state index contributed by atoms with van der Waals surface area (Å²) in [6.45, 7) is 5.66. The van der Waals surface area contributed by atoms with Crippen molar-refractivity contribution in [2.75, 3.05) is 37.4 Å². The van der Waals surface area contributed by atoms with Crippen LogP contribution in [0, 0.1) is 0 Å². The molecule has 0 aromatic carbocycles. The molecule has 1 unspecified atom stereocenters.